The number of hydrogen-bond acceptors (Lipinski definition) is 5. The number of nitrogens with zero attached hydrogens (tertiary/aromatic N) is 1. The van der Waals surface area contributed by atoms with E-state index in [2.05, 4.69) is 44.4 Å². The lowest BCUT2D eigenvalue weighted by atomic mass is 9.79. The molecule has 1 heterocycles. The van der Waals surface area contributed by atoms with Crippen molar-refractivity contribution in [2.45, 2.75) is 70.7 Å². The highest BCUT2D eigenvalue weighted by atomic mass is 35.5. The van der Waals surface area contributed by atoms with Crippen LogP contribution in [0.15, 0.2) is 36.4 Å². The second kappa shape index (κ2) is 9.72. The van der Waals surface area contributed by atoms with Gasteiger partial charge in [-0.3, -0.25) is 4.79 Å². The number of nitriles is 1. The molecule has 0 radical (unpaired) electrons. The summed E-state index contributed by atoms with van der Waals surface area (Å²) in [5, 5.41) is 16.7. The molecule has 0 aromatic heterocycles. The Hall–Kier alpha value is -2.59. The van der Waals surface area contributed by atoms with Crippen molar-refractivity contribution >= 4 is 17.5 Å². The number of nitrogens with one attached hydrogen (secondary N) is 2. The summed E-state index contributed by atoms with van der Waals surface area (Å²) < 4.78 is 11.3. The van der Waals surface area contributed by atoms with Gasteiger partial charge in [0.15, 0.2) is 0 Å². The van der Waals surface area contributed by atoms with E-state index in [1.54, 1.807) is 37.4 Å². The second-order valence-corrected chi connectivity index (χ2v) is 10.3. The maximum absolute atomic E-state index is 12.9. The largest absolute Gasteiger partial charge is 0.454 e. The Labute approximate surface area is 201 Å². The molecule has 1 aliphatic heterocycles. The van der Waals surface area contributed by atoms with Gasteiger partial charge in [0.2, 0.25) is 0 Å². The Morgan fingerprint density at radius 3 is 2.42 bits per heavy atom. The van der Waals surface area contributed by atoms with Gasteiger partial charge in [-0.15, -0.1) is 0 Å². The van der Waals surface area contributed by atoms with Crippen LogP contribution in [0.1, 0.15) is 75.0 Å². The van der Waals surface area contributed by atoms with Crippen molar-refractivity contribution in [2.75, 3.05) is 7.11 Å². The van der Waals surface area contributed by atoms with Gasteiger partial charge in [-0.05, 0) is 71.7 Å². The zero-order valence-corrected chi connectivity index (χ0v) is 20.8. The normalized spacial score (nSPS) is 18.2. The van der Waals surface area contributed by atoms with Crippen molar-refractivity contribution in [2.24, 2.45) is 0 Å². The average Bonchev–Trinajstić information content (AvgIpc) is 2.72. The van der Waals surface area contributed by atoms with E-state index in [4.69, 9.17) is 21.1 Å². The minimum absolute atomic E-state index is 0.0575. The third-order valence-corrected chi connectivity index (χ3v) is 6.20. The minimum atomic E-state index is -0.255. The molecule has 6 nitrogen and oxygen atoms in total. The Balaban J connectivity index is 1.77. The first-order valence-corrected chi connectivity index (χ1v) is 11.5. The van der Waals surface area contributed by atoms with Crippen LogP contribution in [0.25, 0.3) is 0 Å². The van der Waals surface area contributed by atoms with Crippen LogP contribution in [0.3, 0.4) is 0 Å². The molecule has 1 fully saturated rings. The fraction of sp³-hybridized carbons (Fsp3) is 0.462. The molecular weight excluding hydrogens is 438 g/mol. The van der Waals surface area contributed by atoms with Gasteiger partial charge in [-0.25, -0.2) is 0 Å². The smallest absolute Gasteiger partial charge is 0.251 e. The second-order valence-electron chi connectivity index (χ2n) is 9.93. The molecule has 1 aliphatic rings. The van der Waals surface area contributed by atoms with Crippen LogP contribution in [-0.4, -0.2) is 30.1 Å². The molecule has 2 N–H and O–H groups in total. The highest BCUT2D eigenvalue weighted by molar-refractivity contribution is 6.32. The first-order chi connectivity index (χ1) is 15.4. The van der Waals surface area contributed by atoms with Gasteiger partial charge in [0, 0.05) is 35.4 Å². The van der Waals surface area contributed by atoms with E-state index >= 15 is 0 Å². The maximum atomic E-state index is 12.9. The number of ether oxygens (including phenoxy) is 2. The lowest BCUT2D eigenvalue weighted by Crippen LogP contribution is -2.62. The van der Waals surface area contributed by atoms with Crippen LogP contribution in [0.2, 0.25) is 5.02 Å². The van der Waals surface area contributed by atoms with Crippen molar-refractivity contribution in [3.05, 3.63) is 58.1 Å². The summed E-state index contributed by atoms with van der Waals surface area (Å²) in [5.41, 5.74) is 1.45. The topological polar surface area (TPSA) is 83.4 Å². The van der Waals surface area contributed by atoms with E-state index in [1.807, 2.05) is 13.0 Å². The number of methoxy groups -OCH3 is 1. The van der Waals surface area contributed by atoms with Crippen LogP contribution in [0.5, 0.6) is 11.5 Å². The molecule has 2 aromatic carbocycles. The summed E-state index contributed by atoms with van der Waals surface area (Å²) in [6.07, 6.45) is 1.42. The zero-order chi connectivity index (χ0) is 24.4. The molecule has 7 heteroatoms. The Morgan fingerprint density at radius 1 is 1.18 bits per heavy atom. The lowest BCUT2D eigenvalue weighted by Gasteiger charge is -2.46. The molecule has 1 atom stereocenters. The molecule has 1 unspecified atom stereocenters. The molecular formula is C26H32ClN3O3. The van der Waals surface area contributed by atoms with Crippen molar-refractivity contribution in [1.82, 2.24) is 10.6 Å². The molecule has 0 bridgehead atoms. The number of hydrogen-bond donors (Lipinski definition) is 2. The summed E-state index contributed by atoms with van der Waals surface area (Å²) in [4.78, 5) is 12.9. The van der Waals surface area contributed by atoms with Gasteiger partial charge in [0.25, 0.3) is 5.91 Å². The highest BCUT2D eigenvalue weighted by Crippen LogP contribution is 2.35. The van der Waals surface area contributed by atoms with Crippen LogP contribution in [0, 0.1) is 11.3 Å². The third kappa shape index (κ3) is 6.05. The first kappa shape index (κ1) is 25.0. The van der Waals surface area contributed by atoms with E-state index in [0.717, 1.165) is 18.4 Å². The summed E-state index contributed by atoms with van der Waals surface area (Å²) in [5.74, 6) is 0.587. The molecule has 0 saturated carbocycles. The Bertz CT molecular complexity index is 1060. The van der Waals surface area contributed by atoms with Crippen molar-refractivity contribution in [3.8, 4) is 17.6 Å². The van der Waals surface area contributed by atoms with Gasteiger partial charge in [-0.2, -0.15) is 5.26 Å². The number of amides is 1. The molecule has 3 rings (SSSR count). The number of halogens is 1. The maximum Gasteiger partial charge on any atom is 0.251 e. The van der Waals surface area contributed by atoms with Crippen LogP contribution >= 0.6 is 11.6 Å². The minimum Gasteiger partial charge on any atom is -0.454 e. The van der Waals surface area contributed by atoms with E-state index < -0.39 is 0 Å². The summed E-state index contributed by atoms with van der Waals surface area (Å²) in [6.45, 7) is 10.5. The van der Waals surface area contributed by atoms with E-state index in [1.165, 1.54) is 0 Å². The highest BCUT2D eigenvalue weighted by Gasteiger charge is 2.38. The fourth-order valence-corrected chi connectivity index (χ4v) is 4.97. The van der Waals surface area contributed by atoms with Crippen LogP contribution in [0.4, 0.5) is 0 Å². The van der Waals surface area contributed by atoms with Crippen LogP contribution < -0.4 is 15.4 Å². The van der Waals surface area contributed by atoms with Crippen molar-refractivity contribution in [1.29, 1.82) is 5.26 Å². The quantitative estimate of drug-likeness (QED) is 0.562. The predicted octanol–water partition coefficient (Wildman–Crippen LogP) is 5.75. The molecule has 176 valence electrons. The Kier molecular flexibility index (Phi) is 7.38. The SMILES string of the molecule is COC(C)c1cccc(Oc2ccc(C(=O)NC3CC(C)(C)NC(C)(C)C3)cc2Cl)c1C#N. The zero-order valence-electron chi connectivity index (χ0n) is 20.1. The van der Waals surface area contributed by atoms with E-state index in [-0.39, 0.29) is 29.1 Å². The van der Waals surface area contributed by atoms with Gasteiger partial charge < -0.3 is 20.1 Å². The Morgan fingerprint density at radius 2 is 1.85 bits per heavy atom. The third-order valence-electron chi connectivity index (χ3n) is 5.90. The molecule has 0 aliphatic carbocycles. The number of piperidine rings is 1. The molecule has 2 aromatic rings. The standard InChI is InChI=1S/C26H32ClN3O3/c1-16(32-6)19-8-7-9-22(20(19)15-28)33-23-11-10-17(12-21(23)27)24(31)29-18-13-25(2,3)30-26(4,5)14-18/h7-12,16,18,30H,13-14H2,1-6H3,(H,29,31). The van der Waals surface area contributed by atoms with Gasteiger partial charge in [-0.1, -0.05) is 23.7 Å². The first-order valence-electron chi connectivity index (χ1n) is 11.1. The summed E-state index contributed by atoms with van der Waals surface area (Å²) in [7, 11) is 1.59. The van der Waals surface area contributed by atoms with Gasteiger partial charge in [0.05, 0.1) is 11.1 Å². The van der Waals surface area contributed by atoms with E-state index in [9.17, 15) is 10.1 Å². The number of rotatable bonds is 6. The fourth-order valence-electron chi connectivity index (χ4n) is 4.75. The molecule has 1 saturated heterocycles. The molecule has 0 spiro atoms. The number of benzene rings is 2. The molecule has 1 amide bonds. The lowest BCUT2D eigenvalue weighted by molar-refractivity contribution is 0.0873. The monoisotopic (exact) mass is 469 g/mol. The predicted molar refractivity (Wildman–Crippen MR) is 130 cm³/mol. The van der Waals surface area contributed by atoms with E-state index in [0.29, 0.717) is 27.6 Å². The van der Waals surface area contributed by atoms with Gasteiger partial charge >= 0.3 is 0 Å². The number of carbonyl (C=O) groups excluding carboxylic acids is 1. The average molecular weight is 470 g/mol. The summed E-state index contributed by atoms with van der Waals surface area (Å²) >= 11 is 6.46. The van der Waals surface area contributed by atoms with Crippen LogP contribution in [-0.2, 0) is 4.74 Å². The van der Waals surface area contributed by atoms with Crippen molar-refractivity contribution in [3.63, 3.8) is 0 Å². The number of carbonyl (C=O) groups is 1. The van der Waals surface area contributed by atoms with Gasteiger partial charge in [0.1, 0.15) is 23.1 Å². The summed E-state index contributed by atoms with van der Waals surface area (Å²) in [6, 6.07) is 12.5. The van der Waals surface area contributed by atoms with Crippen molar-refractivity contribution < 1.29 is 14.3 Å². The molecule has 33 heavy (non-hydrogen) atoms.